The fraction of sp³-hybridized carbons (Fsp3) is 0. The van der Waals surface area contributed by atoms with Gasteiger partial charge in [-0.05, 0) is 0 Å². The molecule has 0 heterocycles. The van der Waals surface area contributed by atoms with Crippen molar-refractivity contribution < 1.29 is 68.1 Å². The molecule has 0 spiro atoms. The Morgan fingerprint density at radius 3 is 1.38 bits per heavy atom. The first-order chi connectivity index (χ1) is 2.41. The molecule has 3 nitrogen and oxygen atoms in total. The number of hydrogen-bond acceptors (Lipinski definition) is 3. The summed E-state index contributed by atoms with van der Waals surface area (Å²) >= 11 is 0. The van der Waals surface area contributed by atoms with Crippen LogP contribution in [-0.2, 0) is 68.1 Å². The van der Waals surface area contributed by atoms with E-state index in [0.29, 0.717) is 0 Å². The van der Waals surface area contributed by atoms with Gasteiger partial charge in [0, 0.05) is 32.7 Å². The fourth-order valence-electron chi connectivity index (χ4n) is 0.0170. The molecule has 0 amide bonds. The molecule has 0 rings (SSSR count). The Morgan fingerprint density at radius 2 is 1.38 bits per heavy atom. The maximum absolute atomic E-state index is 8.80. The van der Waals surface area contributed by atoms with Gasteiger partial charge in [0.15, 0.2) is 0 Å². The van der Waals surface area contributed by atoms with E-state index in [4.69, 9.17) is 9.59 Å². The van der Waals surface area contributed by atoms with Gasteiger partial charge in [-0.15, -0.1) is 12.9 Å². The Hall–Kier alpha value is 0.932. The van der Waals surface area contributed by atoms with E-state index in [-0.39, 0.29) is 61.2 Å². The molecule has 0 fully saturated rings. The monoisotopic (exact) mass is 360 g/mol. The SMILES string of the molecule is O=[C-]O[C-]=O.[CH3-].[W+2].[Y]. The van der Waals surface area contributed by atoms with Crippen molar-refractivity contribution in [1.29, 1.82) is 0 Å². The largest absolute Gasteiger partial charge is 2.00 e. The van der Waals surface area contributed by atoms with E-state index in [1.807, 2.05) is 0 Å². The molecular weight excluding hydrogens is 357 g/mol. The third-order valence-corrected chi connectivity index (χ3v) is 0.0833. The van der Waals surface area contributed by atoms with Crippen molar-refractivity contribution in [2.45, 2.75) is 0 Å². The number of carbonyl (C=O) groups excluding carboxylic acids is 2. The van der Waals surface area contributed by atoms with Crippen LogP contribution in [0.1, 0.15) is 0 Å². The van der Waals surface area contributed by atoms with Gasteiger partial charge in [0.2, 0.25) is 0 Å². The van der Waals surface area contributed by atoms with Crippen LogP contribution in [0.15, 0.2) is 0 Å². The van der Waals surface area contributed by atoms with E-state index in [1.54, 1.807) is 0 Å². The normalized spacial score (nSPS) is 3.50. The minimum atomic E-state index is 0. The van der Waals surface area contributed by atoms with Crippen LogP contribution in [0.5, 0.6) is 0 Å². The molecule has 0 saturated carbocycles. The summed E-state index contributed by atoms with van der Waals surface area (Å²) in [5.41, 5.74) is 0. The van der Waals surface area contributed by atoms with Gasteiger partial charge in [-0.3, -0.25) is 0 Å². The third-order valence-electron chi connectivity index (χ3n) is 0.0833. The Kier molecular flexibility index (Phi) is 71.2. The predicted molar refractivity (Wildman–Crippen MR) is 18.9 cm³/mol. The zero-order chi connectivity index (χ0) is 4.12. The van der Waals surface area contributed by atoms with Crippen molar-refractivity contribution in [2.75, 3.05) is 0 Å². The molecule has 0 aromatic heterocycles. The smallest absolute Gasteiger partial charge is 0.783 e. The van der Waals surface area contributed by atoms with Gasteiger partial charge in [-0.25, -0.2) is 0 Å². The second-order valence-electron chi connectivity index (χ2n) is 0.269. The summed E-state index contributed by atoms with van der Waals surface area (Å²) in [6.45, 7) is 1.69. The number of ether oxygens (including phenoxy) is 1. The van der Waals surface area contributed by atoms with Crippen LogP contribution >= 0.6 is 0 Å². The maximum Gasteiger partial charge on any atom is 2.00 e. The second-order valence-corrected chi connectivity index (χ2v) is 0.269. The molecular formula is C3H3O3WY-. The molecule has 0 aliphatic rings. The van der Waals surface area contributed by atoms with E-state index in [0.717, 1.165) is 12.9 Å². The average molecular weight is 360 g/mol. The van der Waals surface area contributed by atoms with Crippen molar-refractivity contribution in [3.8, 4) is 0 Å². The van der Waals surface area contributed by atoms with Crippen LogP contribution in [0.4, 0.5) is 0 Å². The minimum Gasteiger partial charge on any atom is -0.783 e. The van der Waals surface area contributed by atoms with E-state index in [1.165, 1.54) is 0 Å². The summed E-state index contributed by atoms with van der Waals surface area (Å²) in [5, 5.41) is 0. The van der Waals surface area contributed by atoms with E-state index >= 15 is 0 Å². The molecule has 5 heteroatoms. The first kappa shape index (κ1) is 23.1. The Bertz CT molecular complexity index is 43.8. The molecule has 0 atom stereocenters. The quantitative estimate of drug-likeness (QED) is 0.497. The zero-order valence-electron chi connectivity index (χ0n) is 4.21. The first-order valence-electron chi connectivity index (χ1n) is 0.816. The summed E-state index contributed by atoms with van der Waals surface area (Å²) < 4.78 is 3.22. The standard InChI is InChI=1S/C2O3.CH3.W.Y/c3-1-5-2-4;;;/h;1H3;;/q-2;-1;+2;. The molecule has 0 aliphatic heterocycles. The molecule has 0 saturated heterocycles. The van der Waals surface area contributed by atoms with Crippen LogP contribution in [0, 0.1) is 7.43 Å². The Balaban J connectivity index is -0.0000000267. The summed E-state index contributed by atoms with van der Waals surface area (Å²) in [7, 11) is 0. The van der Waals surface area contributed by atoms with Crippen molar-refractivity contribution in [3.05, 3.63) is 7.43 Å². The fourth-order valence-corrected chi connectivity index (χ4v) is 0.0170. The Labute approximate surface area is 87.7 Å². The molecule has 0 unspecified atom stereocenters. The van der Waals surface area contributed by atoms with Crippen LogP contribution < -0.4 is 0 Å². The molecule has 8 heavy (non-hydrogen) atoms. The van der Waals surface area contributed by atoms with Gasteiger partial charge in [-0.2, -0.15) is 0 Å². The van der Waals surface area contributed by atoms with Crippen molar-refractivity contribution in [3.63, 3.8) is 0 Å². The van der Waals surface area contributed by atoms with Gasteiger partial charge in [0.1, 0.15) is 0 Å². The van der Waals surface area contributed by atoms with Crippen LogP contribution in [0.3, 0.4) is 0 Å². The van der Waals surface area contributed by atoms with Crippen molar-refractivity contribution in [1.82, 2.24) is 0 Å². The van der Waals surface area contributed by atoms with E-state index in [2.05, 4.69) is 4.74 Å². The molecule has 0 bridgehead atoms. The minimum absolute atomic E-state index is 0. The van der Waals surface area contributed by atoms with E-state index < -0.39 is 0 Å². The van der Waals surface area contributed by atoms with Crippen molar-refractivity contribution >= 4 is 12.9 Å². The van der Waals surface area contributed by atoms with Crippen LogP contribution in [0.25, 0.3) is 0 Å². The molecule has 0 aromatic carbocycles. The first-order valence-corrected chi connectivity index (χ1v) is 0.816. The topological polar surface area (TPSA) is 43.4 Å². The summed E-state index contributed by atoms with van der Waals surface area (Å²) in [6.07, 6.45) is 0. The molecule has 0 aliphatic carbocycles. The van der Waals surface area contributed by atoms with Gasteiger partial charge in [0.25, 0.3) is 0 Å². The summed E-state index contributed by atoms with van der Waals surface area (Å²) in [5.74, 6) is 0. The van der Waals surface area contributed by atoms with E-state index in [9.17, 15) is 0 Å². The second kappa shape index (κ2) is 24.7. The predicted octanol–water partition coefficient (Wildman–Crippen LogP) is -0.417. The zero-order valence-corrected chi connectivity index (χ0v) is 9.98. The van der Waals surface area contributed by atoms with Gasteiger partial charge in [-0.1, -0.05) is 0 Å². The number of rotatable bonds is 2. The molecule has 43 valence electrons. The molecule has 0 aromatic rings. The number of hydrogen-bond donors (Lipinski definition) is 0. The van der Waals surface area contributed by atoms with Crippen molar-refractivity contribution in [2.24, 2.45) is 0 Å². The van der Waals surface area contributed by atoms with Gasteiger partial charge < -0.3 is 21.8 Å². The maximum atomic E-state index is 8.80. The average Bonchev–Trinajstić information content (AvgIpc) is 1.41. The van der Waals surface area contributed by atoms with Gasteiger partial charge in [0.05, 0.1) is 0 Å². The summed E-state index contributed by atoms with van der Waals surface area (Å²) in [4.78, 5) is 17.6. The van der Waals surface area contributed by atoms with Crippen LogP contribution in [-0.4, -0.2) is 12.9 Å². The Morgan fingerprint density at radius 1 is 1.12 bits per heavy atom. The summed E-state index contributed by atoms with van der Waals surface area (Å²) in [6, 6.07) is 0. The third kappa shape index (κ3) is 28.4. The molecule has 0 N–H and O–H groups in total. The molecule has 1 radical (unpaired) electrons. The van der Waals surface area contributed by atoms with Crippen LogP contribution in [0.2, 0.25) is 0 Å². The van der Waals surface area contributed by atoms with Gasteiger partial charge >= 0.3 is 21.1 Å².